The van der Waals surface area contributed by atoms with Gasteiger partial charge in [-0.2, -0.15) is 0 Å². The lowest BCUT2D eigenvalue weighted by molar-refractivity contribution is 0.102. The fourth-order valence-corrected chi connectivity index (χ4v) is 2.87. The highest BCUT2D eigenvalue weighted by Crippen LogP contribution is 2.20. The summed E-state index contributed by atoms with van der Waals surface area (Å²) in [6.45, 7) is 0.612. The topological polar surface area (TPSA) is 66.9 Å². The van der Waals surface area contributed by atoms with Crippen molar-refractivity contribution in [3.63, 3.8) is 0 Å². The molecule has 0 unspecified atom stereocenters. The van der Waals surface area contributed by atoms with Crippen LogP contribution in [0, 0.1) is 0 Å². The van der Waals surface area contributed by atoms with E-state index in [9.17, 15) is 4.79 Å². The number of hydrogen-bond donors (Lipinski definition) is 2. The number of carbonyl (C=O) groups excluding carboxylic acids is 1. The summed E-state index contributed by atoms with van der Waals surface area (Å²) in [6.07, 6.45) is 5.26. The van der Waals surface area contributed by atoms with Crippen LogP contribution in [0.25, 0.3) is 10.8 Å². The molecular weight excluding hydrogens is 336 g/mol. The zero-order valence-electron chi connectivity index (χ0n) is 14.6. The highest BCUT2D eigenvalue weighted by molar-refractivity contribution is 6.08. The molecule has 2 aromatic heterocycles. The van der Waals surface area contributed by atoms with Gasteiger partial charge in [-0.15, -0.1) is 0 Å². The zero-order valence-corrected chi connectivity index (χ0v) is 14.6. The van der Waals surface area contributed by atoms with E-state index in [0.29, 0.717) is 17.9 Å². The number of fused-ring (bicyclic) bond motifs is 1. The average molecular weight is 354 g/mol. The van der Waals surface area contributed by atoms with Gasteiger partial charge in [0.2, 0.25) is 0 Å². The van der Waals surface area contributed by atoms with E-state index >= 15 is 0 Å². The molecule has 0 aliphatic heterocycles. The van der Waals surface area contributed by atoms with Crippen LogP contribution in [0.2, 0.25) is 0 Å². The quantitative estimate of drug-likeness (QED) is 0.554. The standard InChI is InChI=1S/C22H18N4O/c27-22(26-21-13-17-5-1-2-6-18(17)15-25-21)19-7-3-4-8-20(19)24-14-16-9-11-23-12-10-16/h1-13,15,24H,14H2,(H,25,26,27). The molecule has 5 nitrogen and oxygen atoms in total. The Labute approximate surface area is 157 Å². The Morgan fingerprint density at radius 3 is 2.48 bits per heavy atom. The fraction of sp³-hybridized carbons (Fsp3) is 0.0455. The molecule has 5 heteroatoms. The molecule has 2 N–H and O–H groups in total. The smallest absolute Gasteiger partial charge is 0.258 e. The maximum absolute atomic E-state index is 12.8. The van der Waals surface area contributed by atoms with Gasteiger partial charge in [0.1, 0.15) is 5.82 Å². The molecule has 132 valence electrons. The van der Waals surface area contributed by atoms with Crippen LogP contribution in [0.4, 0.5) is 11.5 Å². The SMILES string of the molecule is O=C(Nc1cc2ccccc2cn1)c1ccccc1NCc1ccncc1. The van der Waals surface area contributed by atoms with Gasteiger partial charge in [0.05, 0.1) is 5.56 Å². The lowest BCUT2D eigenvalue weighted by Crippen LogP contribution is -2.15. The van der Waals surface area contributed by atoms with Gasteiger partial charge in [0.15, 0.2) is 0 Å². The van der Waals surface area contributed by atoms with Crippen LogP contribution < -0.4 is 10.6 Å². The summed E-state index contributed by atoms with van der Waals surface area (Å²) in [5, 5.41) is 8.28. The van der Waals surface area contributed by atoms with E-state index in [1.165, 1.54) is 0 Å². The van der Waals surface area contributed by atoms with Crippen molar-refractivity contribution in [2.45, 2.75) is 6.54 Å². The van der Waals surface area contributed by atoms with Crippen LogP contribution in [0.1, 0.15) is 15.9 Å². The first-order valence-corrected chi connectivity index (χ1v) is 8.67. The maximum Gasteiger partial charge on any atom is 0.258 e. The number of rotatable bonds is 5. The van der Waals surface area contributed by atoms with E-state index in [-0.39, 0.29) is 5.91 Å². The number of para-hydroxylation sites is 1. The van der Waals surface area contributed by atoms with Gasteiger partial charge < -0.3 is 10.6 Å². The predicted molar refractivity (Wildman–Crippen MR) is 108 cm³/mol. The molecule has 0 aliphatic carbocycles. The molecule has 2 aromatic carbocycles. The number of carbonyl (C=O) groups is 1. The van der Waals surface area contributed by atoms with Crippen molar-refractivity contribution in [1.29, 1.82) is 0 Å². The highest BCUT2D eigenvalue weighted by atomic mass is 16.1. The van der Waals surface area contributed by atoms with Gasteiger partial charge in [-0.1, -0.05) is 36.4 Å². The van der Waals surface area contributed by atoms with Gasteiger partial charge in [0.25, 0.3) is 5.91 Å². The molecule has 27 heavy (non-hydrogen) atoms. The first kappa shape index (κ1) is 16.7. The number of hydrogen-bond acceptors (Lipinski definition) is 4. The van der Waals surface area contributed by atoms with Gasteiger partial charge in [-0.25, -0.2) is 4.98 Å². The van der Waals surface area contributed by atoms with E-state index in [4.69, 9.17) is 0 Å². The van der Waals surface area contributed by atoms with Crippen LogP contribution in [0.15, 0.2) is 85.3 Å². The molecule has 0 aliphatic rings. The zero-order chi connectivity index (χ0) is 18.5. The third-order valence-corrected chi connectivity index (χ3v) is 4.28. The minimum absolute atomic E-state index is 0.199. The normalized spacial score (nSPS) is 10.5. The summed E-state index contributed by atoms with van der Waals surface area (Å²) < 4.78 is 0. The first-order valence-electron chi connectivity index (χ1n) is 8.67. The molecular formula is C22H18N4O. The van der Waals surface area contributed by atoms with Crippen molar-refractivity contribution < 1.29 is 4.79 Å². The van der Waals surface area contributed by atoms with Crippen molar-refractivity contribution in [3.8, 4) is 0 Å². The monoisotopic (exact) mass is 354 g/mol. The van der Waals surface area contributed by atoms with Crippen LogP contribution in [-0.2, 0) is 6.54 Å². The summed E-state index contributed by atoms with van der Waals surface area (Å²) in [6, 6.07) is 21.1. The van der Waals surface area contributed by atoms with Crippen molar-refractivity contribution in [2.75, 3.05) is 10.6 Å². The maximum atomic E-state index is 12.8. The number of nitrogens with zero attached hydrogens (tertiary/aromatic N) is 2. The van der Waals surface area contributed by atoms with Crippen LogP contribution in [-0.4, -0.2) is 15.9 Å². The van der Waals surface area contributed by atoms with E-state index in [0.717, 1.165) is 22.0 Å². The Hall–Kier alpha value is -3.73. The molecule has 4 rings (SSSR count). The second kappa shape index (κ2) is 7.66. The lowest BCUT2D eigenvalue weighted by Gasteiger charge is -2.12. The number of aromatic nitrogens is 2. The molecule has 0 bridgehead atoms. The van der Waals surface area contributed by atoms with Gasteiger partial charge in [0, 0.05) is 36.2 Å². The van der Waals surface area contributed by atoms with E-state index in [2.05, 4.69) is 20.6 Å². The molecule has 0 fully saturated rings. The highest BCUT2D eigenvalue weighted by Gasteiger charge is 2.12. The molecule has 0 spiro atoms. The largest absolute Gasteiger partial charge is 0.380 e. The van der Waals surface area contributed by atoms with Gasteiger partial charge >= 0.3 is 0 Å². The minimum atomic E-state index is -0.199. The minimum Gasteiger partial charge on any atom is -0.380 e. The summed E-state index contributed by atoms with van der Waals surface area (Å²) in [4.78, 5) is 21.1. The first-order chi connectivity index (χ1) is 13.3. The van der Waals surface area contributed by atoms with Crippen molar-refractivity contribution in [1.82, 2.24) is 9.97 Å². The summed E-state index contributed by atoms with van der Waals surface area (Å²) in [5.41, 5.74) is 2.44. The lowest BCUT2D eigenvalue weighted by atomic mass is 10.1. The second-order valence-corrected chi connectivity index (χ2v) is 6.13. The summed E-state index contributed by atoms with van der Waals surface area (Å²) >= 11 is 0. The number of benzene rings is 2. The molecule has 1 amide bonds. The van der Waals surface area contributed by atoms with Crippen LogP contribution in [0.3, 0.4) is 0 Å². The molecule has 0 radical (unpaired) electrons. The Morgan fingerprint density at radius 1 is 0.889 bits per heavy atom. The third-order valence-electron chi connectivity index (χ3n) is 4.28. The predicted octanol–water partition coefficient (Wildman–Crippen LogP) is 4.49. The number of amides is 1. The second-order valence-electron chi connectivity index (χ2n) is 6.13. The Balaban J connectivity index is 1.52. The molecule has 4 aromatic rings. The molecule has 2 heterocycles. The molecule has 0 atom stereocenters. The van der Waals surface area contributed by atoms with Crippen LogP contribution in [0.5, 0.6) is 0 Å². The van der Waals surface area contributed by atoms with Gasteiger partial charge in [-0.05, 0) is 41.3 Å². The summed E-state index contributed by atoms with van der Waals surface area (Å²) in [5.74, 6) is 0.332. The van der Waals surface area contributed by atoms with Crippen molar-refractivity contribution in [2.24, 2.45) is 0 Å². The van der Waals surface area contributed by atoms with Crippen molar-refractivity contribution in [3.05, 3.63) is 96.4 Å². The summed E-state index contributed by atoms with van der Waals surface area (Å²) in [7, 11) is 0. The number of nitrogens with one attached hydrogen (secondary N) is 2. The number of pyridine rings is 2. The molecule has 0 saturated heterocycles. The van der Waals surface area contributed by atoms with Crippen molar-refractivity contribution >= 4 is 28.2 Å². The fourth-order valence-electron chi connectivity index (χ4n) is 2.87. The Bertz CT molecular complexity index is 1080. The average Bonchev–Trinajstić information content (AvgIpc) is 2.73. The van der Waals surface area contributed by atoms with E-state index in [1.54, 1.807) is 24.7 Å². The van der Waals surface area contributed by atoms with E-state index < -0.39 is 0 Å². The van der Waals surface area contributed by atoms with E-state index in [1.807, 2.05) is 60.7 Å². The van der Waals surface area contributed by atoms with Crippen LogP contribution >= 0.6 is 0 Å². The Morgan fingerprint density at radius 2 is 1.63 bits per heavy atom. The third kappa shape index (κ3) is 3.93. The number of anilines is 2. The van der Waals surface area contributed by atoms with Gasteiger partial charge in [-0.3, -0.25) is 9.78 Å². The Kier molecular flexibility index (Phi) is 4.74. The molecule has 0 saturated carbocycles.